The maximum atomic E-state index is 12.5. The average molecular weight is 252 g/mol. The van der Waals surface area contributed by atoms with E-state index in [0.29, 0.717) is 12.2 Å². The van der Waals surface area contributed by atoms with Crippen LogP contribution in [0.3, 0.4) is 0 Å². The number of rotatable bonds is 4. The predicted octanol–water partition coefficient (Wildman–Crippen LogP) is 2.48. The molecule has 17 heavy (non-hydrogen) atoms. The van der Waals surface area contributed by atoms with E-state index in [2.05, 4.69) is 4.98 Å². The van der Waals surface area contributed by atoms with Gasteiger partial charge in [-0.3, -0.25) is 0 Å². The summed E-state index contributed by atoms with van der Waals surface area (Å²) < 4.78 is 13.9. The lowest BCUT2D eigenvalue weighted by atomic mass is 10.2. The van der Waals surface area contributed by atoms with E-state index in [1.165, 1.54) is 10.3 Å². The lowest BCUT2D eigenvalue weighted by Gasteiger charge is -2.19. The van der Waals surface area contributed by atoms with Crippen LogP contribution in [0.4, 0.5) is 15.3 Å². The molecule has 0 unspecified atom stereocenters. The molecule has 0 bridgehead atoms. The van der Waals surface area contributed by atoms with Crippen LogP contribution in [0.1, 0.15) is 5.69 Å². The van der Waals surface area contributed by atoms with E-state index in [4.69, 9.17) is 5.73 Å². The number of nitrogens with zero attached hydrogens (tertiary/aromatic N) is 3. The van der Waals surface area contributed by atoms with Crippen molar-refractivity contribution in [2.45, 2.75) is 6.54 Å². The van der Waals surface area contributed by atoms with Gasteiger partial charge in [-0.25, -0.2) is 8.96 Å². The Bertz CT molecular complexity index is 500. The molecule has 90 valence electrons. The molecule has 1 aromatic carbocycles. The van der Waals surface area contributed by atoms with E-state index in [1.54, 1.807) is 6.20 Å². The number of aromatic nitrogens is 2. The van der Waals surface area contributed by atoms with Gasteiger partial charge in [0, 0.05) is 18.4 Å². The fourth-order valence-corrected chi connectivity index (χ4v) is 1.86. The fourth-order valence-electron chi connectivity index (χ4n) is 1.58. The number of imidazole rings is 1. The van der Waals surface area contributed by atoms with Crippen molar-refractivity contribution < 1.29 is 3.89 Å². The monoisotopic (exact) mass is 252 g/mol. The number of hydrogen-bond donors (Lipinski definition) is 1. The smallest absolute Gasteiger partial charge is 0.170 e. The first-order valence-electron chi connectivity index (χ1n) is 5.07. The van der Waals surface area contributed by atoms with E-state index in [0.717, 1.165) is 11.4 Å². The third-order valence-corrected chi connectivity index (χ3v) is 2.94. The van der Waals surface area contributed by atoms with Crippen LogP contribution in [0.25, 0.3) is 0 Å². The number of halogens is 1. The van der Waals surface area contributed by atoms with E-state index in [1.807, 2.05) is 36.2 Å². The highest BCUT2D eigenvalue weighted by Gasteiger charge is 2.07. The van der Waals surface area contributed by atoms with Crippen LogP contribution < -0.4 is 10.6 Å². The van der Waals surface area contributed by atoms with Crippen molar-refractivity contribution in [2.24, 2.45) is 0 Å². The van der Waals surface area contributed by atoms with Crippen LogP contribution >= 0.6 is 12.3 Å². The molecular formula is C11H13FN4S. The Kier molecular flexibility index (Phi) is 3.53. The van der Waals surface area contributed by atoms with Crippen LogP contribution in [0.5, 0.6) is 0 Å². The minimum absolute atomic E-state index is 0.145. The number of nitrogen functional groups attached to an aromatic ring is 1. The molecule has 0 fully saturated rings. The first-order chi connectivity index (χ1) is 8.20. The summed E-state index contributed by atoms with van der Waals surface area (Å²) in [6.45, 7) is 0.570. The highest BCUT2D eigenvalue weighted by Crippen LogP contribution is 2.19. The molecule has 0 saturated carbocycles. The molecule has 0 saturated heterocycles. The second-order valence-electron chi connectivity index (χ2n) is 3.73. The molecule has 0 radical (unpaired) electrons. The van der Waals surface area contributed by atoms with Crippen LogP contribution in [-0.4, -0.2) is 16.0 Å². The minimum atomic E-state index is 0.145. The zero-order valence-corrected chi connectivity index (χ0v) is 10.2. The Morgan fingerprint density at radius 2 is 2.35 bits per heavy atom. The maximum Gasteiger partial charge on any atom is 0.170 e. The van der Waals surface area contributed by atoms with Gasteiger partial charge in [0.1, 0.15) is 6.33 Å². The van der Waals surface area contributed by atoms with Crippen molar-refractivity contribution in [1.82, 2.24) is 8.96 Å². The maximum absolute atomic E-state index is 12.5. The molecular weight excluding hydrogens is 239 g/mol. The van der Waals surface area contributed by atoms with E-state index in [9.17, 15) is 3.89 Å². The van der Waals surface area contributed by atoms with Crippen LogP contribution in [0, 0.1) is 0 Å². The quantitative estimate of drug-likeness (QED) is 0.849. The van der Waals surface area contributed by atoms with Crippen molar-refractivity contribution in [3.8, 4) is 0 Å². The van der Waals surface area contributed by atoms with Gasteiger partial charge in [0.2, 0.25) is 0 Å². The third kappa shape index (κ3) is 2.71. The Hall–Kier alpha value is -1.69. The third-order valence-electron chi connectivity index (χ3n) is 2.46. The largest absolute Gasteiger partial charge is 0.399 e. The van der Waals surface area contributed by atoms with Gasteiger partial charge < -0.3 is 10.6 Å². The first kappa shape index (κ1) is 11.8. The SMILES string of the molecule is CN(Cc1cncn1SF)c1cccc(N)c1. The lowest BCUT2D eigenvalue weighted by molar-refractivity contribution is 0.856. The minimum Gasteiger partial charge on any atom is -0.399 e. The summed E-state index contributed by atoms with van der Waals surface area (Å²) in [6.07, 6.45) is 3.10. The molecule has 0 atom stereocenters. The second kappa shape index (κ2) is 5.09. The Morgan fingerprint density at radius 1 is 1.53 bits per heavy atom. The molecule has 0 aliphatic rings. The normalized spacial score (nSPS) is 10.5. The lowest BCUT2D eigenvalue weighted by Crippen LogP contribution is -2.17. The van der Waals surface area contributed by atoms with E-state index in [-0.39, 0.29) is 12.3 Å². The topological polar surface area (TPSA) is 47.1 Å². The van der Waals surface area contributed by atoms with Crippen molar-refractivity contribution in [3.63, 3.8) is 0 Å². The molecule has 0 aliphatic heterocycles. The molecule has 4 nitrogen and oxygen atoms in total. The van der Waals surface area contributed by atoms with Gasteiger partial charge in [0.05, 0.1) is 18.4 Å². The van der Waals surface area contributed by atoms with Crippen molar-refractivity contribution in [1.29, 1.82) is 0 Å². The molecule has 1 heterocycles. The summed E-state index contributed by atoms with van der Waals surface area (Å²) in [5.74, 6) is 0. The van der Waals surface area contributed by atoms with Crippen molar-refractivity contribution >= 4 is 23.7 Å². The molecule has 2 aromatic rings. The van der Waals surface area contributed by atoms with Crippen LogP contribution in [-0.2, 0) is 6.54 Å². The van der Waals surface area contributed by atoms with Gasteiger partial charge in [-0.05, 0) is 18.2 Å². The van der Waals surface area contributed by atoms with Gasteiger partial charge in [-0.1, -0.05) is 6.07 Å². The Labute approximate surface area is 104 Å². The van der Waals surface area contributed by atoms with Crippen molar-refractivity contribution in [2.75, 3.05) is 17.7 Å². The second-order valence-corrected chi connectivity index (χ2v) is 4.26. The first-order valence-corrected chi connectivity index (χ1v) is 5.75. The Balaban J connectivity index is 2.14. The van der Waals surface area contributed by atoms with Gasteiger partial charge in [0.25, 0.3) is 0 Å². The molecule has 2 rings (SSSR count). The molecule has 0 amide bonds. The molecule has 2 N–H and O–H groups in total. The number of benzene rings is 1. The summed E-state index contributed by atoms with van der Waals surface area (Å²) >= 11 is 0.145. The molecule has 0 aliphatic carbocycles. The molecule has 6 heteroatoms. The van der Waals surface area contributed by atoms with Crippen LogP contribution in [0.15, 0.2) is 36.8 Å². The zero-order chi connectivity index (χ0) is 12.3. The van der Waals surface area contributed by atoms with Gasteiger partial charge in [-0.2, -0.15) is 0 Å². The summed E-state index contributed by atoms with van der Waals surface area (Å²) in [4.78, 5) is 5.89. The van der Waals surface area contributed by atoms with Gasteiger partial charge in [-0.15, -0.1) is 3.89 Å². The summed E-state index contributed by atoms with van der Waals surface area (Å²) in [5, 5.41) is 0. The van der Waals surface area contributed by atoms with Crippen LogP contribution in [0.2, 0.25) is 0 Å². The summed E-state index contributed by atoms with van der Waals surface area (Å²) in [6, 6.07) is 7.56. The predicted molar refractivity (Wildman–Crippen MR) is 69.3 cm³/mol. The average Bonchev–Trinajstić information content (AvgIpc) is 2.76. The molecule has 0 spiro atoms. The number of nitrogens with two attached hydrogens (primary N) is 1. The zero-order valence-electron chi connectivity index (χ0n) is 9.38. The van der Waals surface area contributed by atoms with E-state index < -0.39 is 0 Å². The number of anilines is 2. The van der Waals surface area contributed by atoms with Crippen molar-refractivity contribution in [3.05, 3.63) is 42.5 Å². The van der Waals surface area contributed by atoms with Gasteiger partial charge in [0.15, 0.2) is 12.3 Å². The van der Waals surface area contributed by atoms with Gasteiger partial charge >= 0.3 is 0 Å². The Morgan fingerprint density at radius 3 is 3.06 bits per heavy atom. The highest BCUT2D eigenvalue weighted by molar-refractivity contribution is 7.92. The summed E-state index contributed by atoms with van der Waals surface area (Å²) in [5.41, 5.74) is 8.21. The van der Waals surface area contributed by atoms with E-state index >= 15 is 0 Å². The number of hydrogen-bond acceptors (Lipinski definition) is 4. The summed E-state index contributed by atoms with van der Waals surface area (Å²) in [7, 11) is 1.93. The standard InChI is InChI=1S/C11H13FN4S/c1-15(10-4-2-3-9(13)5-10)7-11-6-14-8-16(11)17-12/h2-6,8H,7,13H2,1H3. The molecule has 1 aromatic heterocycles. The fraction of sp³-hybridized carbons (Fsp3) is 0.182. The highest BCUT2D eigenvalue weighted by atomic mass is 32.2.